The summed E-state index contributed by atoms with van der Waals surface area (Å²) >= 11 is 0. The molecule has 1 atom stereocenters. The van der Waals surface area contributed by atoms with Crippen LogP contribution in [0.2, 0.25) is 0 Å². The van der Waals surface area contributed by atoms with E-state index in [1.165, 1.54) is 0 Å². The van der Waals surface area contributed by atoms with Crippen LogP contribution < -0.4 is 0 Å². The smallest absolute Gasteiger partial charge is 0.122 e. The van der Waals surface area contributed by atoms with Crippen LogP contribution in [0.3, 0.4) is 0 Å². The summed E-state index contributed by atoms with van der Waals surface area (Å²) in [5.41, 5.74) is 0. The van der Waals surface area contributed by atoms with Gasteiger partial charge >= 0.3 is 0 Å². The molecule has 0 saturated heterocycles. The molecule has 0 aliphatic rings. The van der Waals surface area contributed by atoms with Crippen molar-refractivity contribution in [2.45, 2.75) is 33.1 Å². The van der Waals surface area contributed by atoms with Gasteiger partial charge in [-0.25, -0.2) is 0 Å². The number of rotatable bonds is 5. The molecule has 0 amide bonds. The Bertz CT molecular complexity index is 105. The van der Waals surface area contributed by atoms with Crippen LogP contribution >= 0.6 is 0 Å². The predicted octanol–water partition coefficient (Wildman–Crippen LogP) is 2.57. The molecule has 1 unspecified atom stereocenters. The second-order valence-electron chi connectivity index (χ2n) is 2.61. The second-order valence-corrected chi connectivity index (χ2v) is 2.61. The van der Waals surface area contributed by atoms with Gasteiger partial charge in [-0.3, -0.25) is 0 Å². The van der Waals surface area contributed by atoms with E-state index in [2.05, 4.69) is 6.08 Å². The molecule has 0 aliphatic heterocycles. The fourth-order valence-corrected chi connectivity index (χ4v) is 0.792. The molecule has 0 heterocycles. The Balaban J connectivity index is 3.11. The lowest BCUT2D eigenvalue weighted by Gasteiger charge is -1.98. The van der Waals surface area contributed by atoms with Crippen molar-refractivity contribution in [2.75, 3.05) is 0 Å². The van der Waals surface area contributed by atoms with Crippen molar-refractivity contribution in [3.8, 4) is 0 Å². The standard InChI is InChI=1S/C9H16O/c1-3-4-5-6-7-9(2)8-10/h3-4,8-9H,5-7H2,1-2H3/b4-3+. The minimum atomic E-state index is 0.241. The third-order valence-electron chi connectivity index (χ3n) is 1.50. The maximum absolute atomic E-state index is 10.2. The molecule has 1 nitrogen and oxygen atoms in total. The minimum Gasteiger partial charge on any atom is -0.303 e. The van der Waals surface area contributed by atoms with E-state index in [1.54, 1.807) is 0 Å². The molecule has 58 valence electrons. The average molecular weight is 140 g/mol. The van der Waals surface area contributed by atoms with Gasteiger partial charge in [-0.05, 0) is 26.2 Å². The molecule has 0 aliphatic carbocycles. The number of aldehydes is 1. The largest absolute Gasteiger partial charge is 0.303 e. The van der Waals surface area contributed by atoms with E-state index < -0.39 is 0 Å². The van der Waals surface area contributed by atoms with Gasteiger partial charge in [0.1, 0.15) is 6.29 Å². The lowest BCUT2D eigenvalue weighted by atomic mass is 10.1. The molecule has 10 heavy (non-hydrogen) atoms. The van der Waals surface area contributed by atoms with Gasteiger partial charge in [-0.1, -0.05) is 19.1 Å². The molecule has 0 saturated carbocycles. The molecule has 0 aromatic carbocycles. The van der Waals surface area contributed by atoms with Gasteiger partial charge in [0, 0.05) is 5.92 Å². The van der Waals surface area contributed by atoms with Crippen LogP contribution in [0.1, 0.15) is 33.1 Å². The van der Waals surface area contributed by atoms with Gasteiger partial charge in [0.15, 0.2) is 0 Å². The summed E-state index contributed by atoms with van der Waals surface area (Å²) in [7, 11) is 0. The van der Waals surface area contributed by atoms with Crippen LogP contribution in [0.5, 0.6) is 0 Å². The van der Waals surface area contributed by atoms with Gasteiger partial charge in [0.05, 0.1) is 0 Å². The Labute approximate surface area is 63.1 Å². The fraction of sp³-hybridized carbons (Fsp3) is 0.667. The first-order valence-electron chi connectivity index (χ1n) is 3.87. The van der Waals surface area contributed by atoms with Crippen LogP contribution in [0.15, 0.2) is 12.2 Å². The lowest BCUT2D eigenvalue weighted by molar-refractivity contribution is -0.110. The highest BCUT2D eigenvalue weighted by Gasteiger charge is 1.96. The maximum atomic E-state index is 10.2. The summed E-state index contributed by atoms with van der Waals surface area (Å²) in [6, 6.07) is 0. The molecule has 0 spiro atoms. The monoisotopic (exact) mass is 140 g/mol. The van der Waals surface area contributed by atoms with Gasteiger partial charge in [0.25, 0.3) is 0 Å². The molecule has 0 aromatic rings. The molecule has 0 bridgehead atoms. The molecule has 0 radical (unpaired) electrons. The molecule has 0 aromatic heterocycles. The summed E-state index contributed by atoms with van der Waals surface area (Å²) < 4.78 is 0. The van der Waals surface area contributed by atoms with Gasteiger partial charge in [-0.2, -0.15) is 0 Å². The average Bonchev–Trinajstić information content (AvgIpc) is 1.98. The Hall–Kier alpha value is -0.590. The molecule has 0 N–H and O–H groups in total. The Morgan fingerprint density at radius 1 is 1.50 bits per heavy atom. The van der Waals surface area contributed by atoms with Crippen LogP contribution in [-0.2, 0) is 4.79 Å². The quantitative estimate of drug-likeness (QED) is 0.326. The SMILES string of the molecule is C/C=C/CCCC(C)C=O. The lowest BCUT2D eigenvalue weighted by Crippen LogP contribution is -1.93. The highest BCUT2D eigenvalue weighted by atomic mass is 16.1. The van der Waals surface area contributed by atoms with Crippen molar-refractivity contribution in [2.24, 2.45) is 5.92 Å². The van der Waals surface area contributed by atoms with Crippen LogP contribution in [0.25, 0.3) is 0 Å². The molecule has 0 fully saturated rings. The summed E-state index contributed by atoms with van der Waals surface area (Å²) in [6.45, 7) is 3.98. The van der Waals surface area contributed by atoms with E-state index in [0.717, 1.165) is 25.5 Å². The van der Waals surface area contributed by atoms with Crippen molar-refractivity contribution in [3.05, 3.63) is 12.2 Å². The van der Waals surface area contributed by atoms with Crippen molar-refractivity contribution in [1.82, 2.24) is 0 Å². The number of unbranched alkanes of at least 4 members (excludes halogenated alkanes) is 1. The normalized spacial score (nSPS) is 13.8. The van der Waals surface area contributed by atoms with E-state index in [0.29, 0.717) is 0 Å². The van der Waals surface area contributed by atoms with Crippen LogP contribution in [0, 0.1) is 5.92 Å². The zero-order valence-electron chi connectivity index (χ0n) is 6.84. The fourth-order valence-electron chi connectivity index (χ4n) is 0.792. The first-order valence-corrected chi connectivity index (χ1v) is 3.87. The summed E-state index contributed by atoms with van der Waals surface area (Å²) in [4.78, 5) is 10.2. The van der Waals surface area contributed by atoms with Gasteiger partial charge in [0.2, 0.25) is 0 Å². The Kier molecular flexibility index (Phi) is 6.14. The number of carbonyl (C=O) groups excluding carboxylic acids is 1. The van der Waals surface area contributed by atoms with Crippen molar-refractivity contribution in [1.29, 1.82) is 0 Å². The highest BCUT2D eigenvalue weighted by molar-refractivity contribution is 5.52. The second kappa shape index (κ2) is 6.53. The summed E-state index contributed by atoms with van der Waals surface area (Å²) in [6.07, 6.45) is 8.46. The molecule has 1 heteroatoms. The highest BCUT2D eigenvalue weighted by Crippen LogP contribution is 2.04. The van der Waals surface area contributed by atoms with Crippen molar-refractivity contribution >= 4 is 6.29 Å². The number of hydrogen-bond donors (Lipinski definition) is 0. The summed E-state index contributed by atoms with van der Waals surface area (Å²) in [5.74, 6) is 0.241. The van der Waals surface area contributed by atoms with Gasteiger partial charge < -0.3 is 4.79 Å². The Morgan fingerprint density at radius 2 is 2.20 bits per heavy atom. The number of allylic oxidation sites excluding steroid dienone is 2. The van der Waals surface area contributed by atoms with Gasteiger partial charge in [-0.15, -0.1) is 0 Å². The van der Waals surface area contributed by atoms with Crippen LogP contribution in [0.4, 0.5) is 0 Å². The number of hydrogen-bond acceptors (Lipinski definition) is 1. The molecular weight excluding hydrogens is 124 g/mol. The minimum absolute atomic E-state index is 0.241. The number of carbonyl (C=O) groups is 1. The Morgan fingerprint density at radius 3 is 2.70 bits per heavy atom. The van der Waals surface area contributed by atoms with Crippen molar-refractivity contribution in [3.63, 3.8) is 0 Å². The molecular formula is C9H16O. The van der Waals surface area contributed by atoms with E-state index in [9.17, 15) is 4.79 Å². The van der Waals surface area contributed by atoms with E-state index >= 15 is 0 Å². The zero-order chi connectivity index (χ0) is 7.82. The van der Waals surface area contributed by atoms with Crippen LogP contribution in [-0.4, -0.2) is 6.29 Å². The zero-order valence-corrected chi connectivity index (χ0v) is 6.84. The summed E-state index contributed by atoms with van der Waals surface area (Å²) in [5, 5.41) is 0. The topological polar surface area (TPSA) is 17.1 Å². The predicted molar refractivity (Wildman–Crippen MR) is 43.9 cm³/mol. The van der Waals surface area contributed by atoms with E-state index in [-0.39, 0.29) is 5.92 Å². The maximum Gasteiger partial charge on any atom is 0.122 e. The van der Waals surface area contributed by atoms with Crippen molar-refractivity contribution < 1.29 is 4.79 Å². The first-order chi connectivity index (χ1) is 4.81. The first kappa shape index (κ1) is 9.41. The van der Waals surface area contributed by atoms with E-state index in [1.807, 2.05) is 19.9 Å². The van der Waals surface area contributed by atoms with E-state index in [4.69, 9.17) is 0 Å². The third kappa shape index (κ3) is 5.54. The molecule has 0 rings (SSSR count). The third-order valence-corrected chi connectivity index (χ3v) is 1.50.